The number of hydrogen-bond donors (Lipinski definition) is 1. The molecule has 24 heavy (non-hydrogen) atoms. The fourth-order valence-corrected chi connectivity index (χ4v) is 3.71. The first-order valence-electron chi connectivity index (χ1n) is 8.25. The number of aliphatic hydroxyl groups excluding tert-OH is 1. The van der Waals surface area contributed by atoms with Crippen molar-refractivity contribution in [3.63, 3.8) is 0 Å². The van der Waals surface area contributed by atoms with Gasteiger partial charge in [0.05, 0.1) is 6.04 Å². The average molecular weight is 359 g/mol. The van der Waals surface area contributed by atoms with E-state index in [0.717, 1.165) is 0 Å². The van der Waals surface area contributed by atoms with Gasteiger partial charge in [-0.2, -0.15) is 0 Å². The Morgan fingerprint density at radius 3 is 2.42 bits per heavy atom. The van der Waals surface area contributed by atoms with E-state index in [1.807, 2.05) is 0 Å². The van der Waals surface area contributed by atoms with E-state index >= 15 is 0 Å². The number of azide groups is 1. The Balaban J connectivity index is 2.12. The Morgan fingerprint density at radius 1 is 1.29 bits per heavy atom. The van der Waals surface area contributed by atoms with Gasteiger partial charge in [-0.25, -0.2) is 0 Å². The number of ether oxygens (including phenoxy) is 3. The monoisotopic (exact) mass is 359 g/mol. The molecule has 1 N–H and O–H groups in total. The number of fused-ring (bicyclic) bond motifs is 1. The van der Waals surface area contributed by atoms with Crippen LogP contribution in [0.2, 0.25) is 18.1 Å². The molecule has 0 spiro atoms. The third-order valence-electron chi connectivity index (χ3n) is 5.07. The van der Waals surface area contributed by atoms with Crippen molar-refractivity contribution < 1.29 is 23.7 Å². The van der Waals surface area contributed by atoms with Crippen LogP contribution < -0.4 is 0 Å². The summed E-state index contributed by atoms with van der Waals surface area (Å²) in [6.07, 6.45) is -2.79. The largest absolute Gasteiger partial charge is 0.416 e. The van der Waals surface area contributed by atoms with Crippen LogP contribution in [-0.4, -0.2) is 56.5 Å². The molecule has 0 aromatic rings. The van der Waals surface area contributed by atoms with Gasteiger partial charge in [0.1, 0.15) is 18.3 Å². The van der Waals surface area contributed by atoms with Crippen LogP contribution in [0.1, 0.15) is 34.6 Å². The van der Waals surface area contributed by atoms with Crippen molar-refractivity contribution in [2.24, 2.45) is 5.11 Å². The average Bonchev–Trinajstić information content (AvgIpc) is 2.88. The summed E-state index contributed by atoms with van der Waals surface area (Å²) in [4.78, 5) is 2.92. The van der Waals surface area contributed by atoms with Gasteiger partial charge in [0.2, 0.25) is 0 Å². The first-order chi connectivity index (χ1) is 10.9. The molecule has 2 heterocycles. The molecule has 2 fully saturated rings. The highest BCUT2D eigenvalue weighted by molar-refractivity contribution is 6.74. The van der Waals surface area contributed by atoms with E-state index in [1.54, 1.807) is 13.8 Å². The zero-order valence-corrected chi connectivity index (χ0v) is 16.5. The second-order valence-corrected chi connectivity index (χ2v) is 13.2. The second kappa shape index (κ2) is 6.57. The highest BCUT2D eigenvalue weighted by Gasteiger charge is 2.56. The standard InChI is InChI=1S/C15H29N3O5Si/c1-14(2,3)24(6,7)20-8-9(17-18-16)10-11-12(13(19)21-10)23-15(4,5)22-11/h9-13,19H,8H2,1-7H3/t9-,10+,11-,12-,13?/m0/s1. The zero-order valence-electron chi connectivity index (χ0n) is 15.5. The molecule has 138 valence electrons. The molecule has 2 rings (SSSR count). The molecule has 2 saturated heterocycles. The molecule has 8 nitrogen and oxygen atoms in total. The summed E-state index contributed by atoms with van der Waals surface area (Å²) in [6.45, 7) is 14.5. The zero-order chi connectivity index (χ0) is 18.3. The molecular weight excluding hydrogens is 330 g/mol. The summed E-state index contributed by atoms with van der Waals surface area (Å²) in [5.74, 6) is -0.806. The number of rotatable bonds is 5. The van der Waals surface area contributed by atoms with Gasteiger partial charge in [-0.3, -0.25) is 0 Å². The normalized spacial score (nSPS) is 33.8. The van der Waals surface area contributed by atoms with Crippen molar-refractivity contribution in [3.05, 3.63) is 10.4 Å². The Kier molecular flexibility index (Phi) is 5.38. The smallest absolute Gasteiger partial charge is 0.191 e. The van der Waals surface area contributed by atoms with Crippen molar-refractivity contribution in [2.45, 2.75) is 89.2 Å². The van der Waals surface area contributed by atoms with Gasteiger partial charge >= 0.3 is 0 Å². The molecule has 9 heteroatoms. The van der Waals surface area contributed by atoms with Crippen LogP contribution in [0.4, 0.5) is 0 Å². The highest BCUT2D eigenvalue weighted by atomic mass is 28.4. The third-order valence-corrected chi connectivity index (χ3v) is 9.57. The van der Waals surface area contributed by atoms with Crippen molar-refractivity contribution in [1.29, 1.82) is 0 Å². The molecule has 5 atom stereocenters. The molecule has 0 aliphatic carbocycles. The summed E-state index contributed by atoms with van der Waals surface area (Å²) in [7, 11) is -2.00. The van der Waals surface area contributed by atoms with Gasteiger partial charge in [-0.15, -0.1) is 0 Å². The highest BCUT2D eigenvalue weighted by Crippen LogP contribution is 2.41. The van der Waals surface area contributed by atoms with E-state index < -0.39 is 44.7 Å². The van der Waals surface area contributed by atoms with Crippen molar-refractivity contribution >= 4 is 8.32 Å². The topological polar surface area (TPSA) is 106 Å². The van der Waals surface area contributed by atoms with Gasteiger partial charge in [-0.1, -0.05) is 25.9 Å². The van der Waals surface area contributed by atoms with Gasteiger partial charge in [0, 0.05) is 11.5 Å². The lowest BCUT2D eigenvalue weighted by molar-refractivity contribution is -0.222. The van der Waals surface area contributed by atoms with Crippen LogP contribution in [-0.2, 0) is 18.6 Å². The number of hydrogen-bond acceptors (Lipinski definition) is 6. The SMILES string of the molecule is CC1(C)O[C@H]2[C@@H]([C@H](CO[Si](C)(C)C(C)(C)C)N=[N+]=[N-])OC(O)[C@H]2O1. The minimum atomic E-state index is -2.00. The van der Waals surface area contributed by atoms with Crippen molar-refractivity contribution in [2.75, 3.05) is 6.61 Å². The van der Waals surface area contributed by atoms with Crippen LogP contribution >= 0.6 is 0 Å². The maximum atomic E-state index is 10.1. The van der Waals surface area contributed by atoms with Gasteiger partial charge in [0.15, 0.2) is 20.4 Å². The molecule has 0 aromatic heterocycles. The van der Waals surface area contributed by atoms with E-state index in [4.69, 9.17) is 24.2 Å². The summed E-state index contributed by atoms with van der Waals surface area (Å²) < 4.78 is 23.3. The van der Waals surface area contributed by atoms with Crippen molar-refractivity contribution in [1.82, 2.24) is 0 Å². The van der Waals surface area contributed by atoms with E-state index in [-0.39, 0.29) is 11.6 Å². The molecule has 0 radical (unpaired) electrons. The summed E-state index contributed by atoms with van der Waals surface area (Å²) >= 11 is 0. The lowest BCUT2D eigenvalue weighted by Gasteiger charge is -2.37. The molecule has 2 aliphatic rings. The Labute approximate surface area is 144 Å². The maximum Gasteiger partial charge on any atom is 0.191 e. The van der Waals surface area contributed by atoms with E-state index in [9.17, 15) is 5.11 Å². The number of aliphatic hydroxyl groups is 1. The fourth-order valence-electron chi connectivity index (χ4n) is 2.69. The molecule has 0 bridgehead atoms. The van der Waals surface area contributed by atoms with Gasteiger partial charge in [-0.05, 0) is 37.5 Å². The van der Waals surface area contributed by atoms with Gasteiger partial charge < -0.3 is 23.7 Å². The minimum absolute atomic E-state index is 0.0431. The lowest BCUT2D eigenvalue weighted by Crippen LogP contribution is -2.46. The van der Waals surface area contributed by atoms with E-state index in [2.05, 4.69) is 43.9 Å². The second-order valence-electron chi connectivity index (χ2n) is 8.40. The first-order valence-corrected chi connectivity index (χ1v) is 11.2. The summed E-state index contributed by atoms with van der Waals surface area (Å²) in [5.41, 5.74) is 8.92. The predicted octanol–water partition coefficient (Wildman–Crippen LogP) is 2.92. The quantitative estimate of drug-likeness (QED) is 0.351. The lowest BCUT2D eigenvalue weighted by atomic mass is 10.1. The Hall–Kier alpha value is -0.673. The molecule has 0 saturated carbocycles. The Bertz CT molecular complexity index is 516. The maximum absolute atomic E-state index is 10.1. The molecule has 1 unspecified atom stereocenters. The fraction of sp³-hybridized carbons (Fsp3) is 1.00. The molecule has 2 aliphatic heterocycles. The molecule has 0 amide bonds. The third kappa shape index (κ3) is 3.93. The van der Waals surface area contributed by atoms with Crippen LogP contribution in [0.15, 0.2) is 5.11 Å². The summed E-state index contributed by atoms with van der Waals surface area (Å²) in [5, 5.41) is 14.0. The van der Waals surface area contributed by atoms with E-state index in [0.29, 0.717) is 0 Å². The van der Waals surface area contributed by atoms with Crippen molar-refractivity contribution in [3.8, 4) is 0 Å². The molecular formula is C15H29N3O5Si. The van der Waals surface area contributed by atoms with Gasteiger partial charge in [0.25, 0.3) is 0 Å². The minimum Gasteiger partial charge on any atom is -0.416 e. The predicted molar refractivity (Wildman–Crippen MR) is 90.8 cm³/mol. The Morgan fingerprint density at radius 2 is 1.88 bits per heavy atom. The van der Waals surface area contributed by atoms with Crippen LogP contribution in [0.3, 0.4) is 0 Å². The molecule has 0 aromatic carbocycles. The van der Waals surface area contributed by atoms with Crippen LogP contribution in [0, 0.1) is 0 Å². The first kappa shape index (κ1) is 19.6. The summed E-state index contributed by atoms with van der Waals surface area (Å²) in [6, 6.07) is -0.591. The number of nitrogens with zero attached hydrogens (tertiary/aromatic N) is 3. The van der Waals surface area contributed by atoms with Crippen LogP contribution in [0.5, 0.6) is 0 Å². The van der Waals surface area contributed by atoms with Crippen LogP contribution in [0.25, 0.3) is 10.4 Å². The van der Waals surface area contributed by atoms with E-state index in [1.165, 1.54) is 0 Å².